The van der Waals surface area contributed by atoms with Gasteiger partial charge in [-0.05, 0) is 47.5 Å². The van der Waals surface area contributed by atoms with Gasteiger partial charge in [-0.1, -0.05) is 60.7 Å². The number of carbonyl (C=O) groups excluding carboxylic acids is 3. The van der Waals surface area contributed by atoms with Gasteiger partial charge in [-0.15, -0.1) is 0 Å². The molecule has 0 N–H and O–H groups in total. The number of benzene rings is 3. The van der Waals surface area contributed by atoms with Crippen LogP contribution in [-0.2, 0) is 0 Å². The molecule has 0 radical (unpaired) electrons. The Bertz CT molecular complexity index is 1630. The van der Waals surface area contributed by atoms with Crippen molar-refractivity contribution in [3.63, 3.8) is 0 Å². The molecule has 184 valence electrons. The minimum Gasteiger partial charge on any atom is -0.352 e. The summed E-state index contributed by atoms with van der Waals surface area (Å²) in [6.07, 6.45) is 7.06. The maximum Gasteiger partial charge on any atom is 0.185 e. The van der Waals surface area contributed by atoms with Crippen LogP contribution < -0.4 is 4.90 Å². The Morgan fingerprint density at radius 3 is 2.21 bits per heavy atom. The highest BCUT2D eigenvalue weighted by Gasteiger charge is 2.71. The Morgan fingerprint density at radius 1 is 0.842 bits per heavy atom. The van der Waals surface area contributed by atoms with Crippen LogP contribution in [0.1, 0.15) is 48.1 Å². The highest BCUT2D eigenvalue weighted by molar-refractivity contribution is 6.32. The molecule has 2 aliphatic heterocycles. The number of hydrogen-bond donors (Lipinski definition) is 0. The number of rotatable bonds is 3. The molecule has 3 atom stereocenters. The van der Waals surface area contributed by atoms with Crippen LogP contribution in [0.4, 0.5) is 10.1 Å². The molecule has 3 aromatic carbocycles. The van der Waals surface area contributed by atoms with Crippen molar-refractivity contribution < 1.29 is 18.8 Å². The molecule has 6 heteroatoms. The first-order chi connectivity index (χ1) is 18.5. The van der Waals surface area contributed by atoms with Gasteiger partial charge in [0.2, 0.25) is 0 Å². The van der Waals surface area contributed by atoms with Gasteiger partial charge in [0.15, 0.2) is 17.3 Å². The van der Waals surface area contributed by atoms with Crippen molar-refractivity contribution in [3.05, 3.63) is 137 Å². The van der Waals surface area contributed by atoms with Gasteiger partial charge in [0.25, 0.3) is 0 Å². The molecule has 0 amide bonds. The molecule has 38 heavy (non-hydrogen) atoms. The second-order valence-corrected chi connectivity index (χ2v) is 9.92. The quantitative estimate of drug-likeness (QED) is 0.273. The summed E-state index contributed by atoms with van der Waals surface area (Å²) >= 11 is 0. The van der Waals surface area contributed by atoms with Crippen LogP contribution in [0.5, 0.6) is 0 Å². The summed E-state index contributed by atoms with van der Waals surface area (Å²) in [6, 6.07) is 21.9. The first-order valence-corrected chi connectivity index (χ1v) is 12.5. The van der Waals surface area contributed by atoms with Gasteiger partial charge in [0.05, 0.1) is 6.04 Å². The summed E-state index contributed by atoms with van der Waals surface area (Å²) in [5.74, 6) is -2.15. The minimum absolute atomic E-state index is 0.289. The van der Waals surface area contributed by atoms with Crippen LogP contribution >= 0.6 is 0 Å². The van der Waals surface area contributed by atoms with Gasteiger partial charge < -0.3 is 4.90 Å². The molecule has 3 aliphatic rings. The Hall–Kier alpha value is -4.71. The molecular weight excluding hydrogens is 479 g/mol. The molecule has 3 heterocycles. The lowest BCUT2D eigenvalue weighted by Gasteiger charge is -2.37. The second kappa shape index (κ2) is 8.15. The van der Waals surface area contributed by atoms with E-state index in [1.54, 1.807) is 42.7 Å². The van der Waals surface area contributed by atoms with Crippen LogP contribution in [0.3, 0.4) is 0 Å². The molecule has 5 nitrogen and oxygen atoms in total. The maximum absolute atomic E-state index is 14.5. The summed E-state index contributed by atoms with van der Waals surface area (Å²) in [6.45, 7) is 0. The average Bonchev–Trinajstić information content (AvgIpc) is 3.40. The smallest absolute Gasteiger partial charge is 0.185 e. The molecule has 1 fully saturated rings. The fraction of sp³-hybridized carbons (Fsp3) is 0.125. The van der Waals surface area contributed by atoms with Crippen LogP contribution in [-0.4, -0.2) is 34.4 Å². The zero-order chi connectivity index (χ0) is 26.0. The van der Waals surface area contributed by atoms with Crippen LogP contribution in [0.2, 0.25) is 0 Å². The number of para-hydroxylation sites is 1. The van der Waals surface area contributed by atoms with Crippen molar-refractivity contribution in [1.29, 1.82) is 0 Å². The first kappa shape index (κ1) is 22.5. The van der Waals surface area contributed by atoms with Crippen molar-refractivity contribution in [3.8, 4) is 0 Å². The predicted octanol–water partition coefficient (Wildman–Crippen LogP) is 5.54. The molecule has 1 saturated heterocycles. The molecule has 4 aromatic rings. The van der Waals surface area contributed by atoms with E-state index < -0.39 is 29.2 Å². The first-order valence-electron chi connectivity index (χ1n) is 12.5. The highest BCUT2D eigenvalue weighted by Crippen LogP contribution is 2.60. The van der Waals surface area contributed by atoms with E-state index in [1.807, 2.05) is 47.4 Å². The number of halogens is 1. The van der Waals surface area contributed by atoms with E-state index in [2.05, 4.69) is 4.98 Å². The number of Topliss-reactive ketones (excluding diaryl/α,β-unsaturated/α-hetero) is 3. The normalized spacial score (nSPS) is 22.3. The van der Waals surface area contributed by atoms with Gasteiger partial charge in [-0.25, -0.2) is 4.39 Å². The number of aromatic nitrogens is 1. The lowest BCUT2D eigenvalue weighted by Crippen LogP contribution is -2.48. The van der Waals surface area contributed by atoms with E-state index in [-0.39, 0.29) is 17.3 Å². The topological polar surface area (TPSA) is 67.3 Å². The fourth-order valence-corrected chi connectivity index (χ4v) is 6.64. The number of anilines is 1. The monoisotopic (exact) mass is 500 g/mol. The summed E-state index contributed by atoms with van der Waals surface area (Å²) in [7, 11) is 0. The van der Waals surface area contributed by atoms with Crippen molar-refractivity contribution in [2.75, 3.05) is 4.90 Å². The summed E-state index contributed by atoms with van der Waals surface area (Å²) < 4.78 is 13.8. The van der Waals surface area contributed by atoms with Crippen molar-refractivity contribution in [2.24, 2.45) is 5.41 Å². The minimum atomic E-state index is -1.57. The Balaban J connectivity index is 1.54. The maximum atomic E-state index is 14.5. The molecule has 1 aliphatic carbocycles. The molecule has 0 bridgehead atoms. The zero-order valence-corrected chi connectivity index (χ0v) is 20.1. The zero-order valence-electron chi connectivity index (χ0n) is 20.1. The molecular formula is C32H21FN2O3. The molecule has 0 saturated carbocycles. The third-order valence-corrected chi connectivity index (χ3v) is 8.15. The third-order valence-electron chi connectivity index (χ3n) is 8.15. The summed E-state index contributed by atoms with van der Waals surface area (Å²) in [4.78, 5) is 49.6. The second-order valence-electron chi connectivity index (χ2n) is 9.92. The fourth-order valence-electron chi connectivity index (χ4n) is 6.64. The van der Waals surface area contributed by atoms with Crippen LogP contribution in [0, 0.1) is 11.2 Å². The van der Waals surface area contributed by atoms with Crippen LogP contribution in [0.15, 0.2) is 103 Å². The lowest BCUT2D eigenvalue weighted by atomic mass is 9.64. The SMILES string of the molecule is O=C(c1ccc(F)cc1)[C@H]1[C@H](c2cccnc2)C2(C(=O)c3ccccc3C2=O)[C@@H]2C=Cc3ccccc3N21. The van der Waals surface area contributed by atoms with Gasteiger partial charge in [0.1, 0.15) is 17.3 Å². The van der Waals surface area contributed by atoms with Gasteiger partial charge >= 0.3 is 0 Å². The molecule has 7 rings (SSSR count). The molecule has 1 spiro atoms. The van der Waals surface area contributed by atoms with E-state index in [0.717, 1.165) is 11.3 Å². The number of fused-ring (bicyclic) bond motifs is 5. The standard InChI is InChI=1S/C32H21FN2O3/c33-22-14-11-20(12-15-22)29(36)28-27(21-7-5-17-34-18-21)32(30(37)23-8-2-3-9-24(23)31(32)38)26-16-13-19-6-1-4-10-25(19)35(26)28/h1-18,26-28H/t26-,27-,28+/m0/s1. The van der Waals surface area contributed by atoms with E-state index in [0.29, 0.717) is 22.3 Å². The van der Waals surface area contributed by atoms with Crippen molar-refractivity contribution in [2.45, 2.75) is 18.0 Å². The average molecular weight is 501 g/mol. The summed E-state index contributed by atoms with van der Waals surface area (Å²) in [5.41, 5.74) is 1.76. The number of pyridine rings is 1. The number of hydrogen-bond acceptors (Lipinski definition) is 5. The lowest BCUT2D eigenvalue weighted by molar-refractivity contribution is 0.0666. The van der Waals surface area contributed by atoms with Gasteiger partial charge in [0, 0.05) is 40.7 Å². The van der Waals surface area contributed by atoms with Crippen LogP contribution in [0.25, 0.3) is 6.08 Å². The number of nitrogens with zero attached hydrogens (tertiary/aromatic N) is 2. The molecule has 0 unspecified atom stereocenters. The van der Waals surface area contributed by atoms with E-state index in [9.17, 15) is 18.8 Å². The Labute approximate surface area is 218 Å². The highest BCUT2D eigenvalue weighted by atomic mass is 19.1. The Morgan fingerprint density at radius 2 is 1.53 bits per heavy atom. The predicted molar refractivity (Wildman–Crippen MR) is 141 cm³/mol. The third kappa shape index (κ3) is 2.85. The van der Waals surface area contributed by atoms with Gasteiger partial charge in [-0.2, -0.15) is 0 Å². The van der Waals surface area contributed by atoms with Crippen molar-refractivity contribution in [1.82, 2.24) is 4.98 Å². The van der Waals surface area contributed by atoms with Crippen molar-refractivity contribution >= 4 is 29.1 Å². The number of ketones is 3. The Kier molecular flexibility index (Phi) is 4.82. The summed E-state index contributed by atoms with van der Waals surface area (Å²) in [5, 5.41) is 0. The van der Waals surface area contributed by atoms with E-state index >= 15 is 0 Å². The van der Waals surface area contributed by atoms with E-state index in [1.165, 1.54) is 24.3 Å². The largest absolute Gasteiger partial charge is 0.352 e. The van der Waals surface area contributed by atoms with E-state index in [4.69, 9.17) is 0 Å². The van der Waals surface area contributed by atoms with Gasteiger partial charge in [-0.3, -0.25) is 19.4 Å². The number of carbonyl (C=O) groups is 3. The molecule has 1 aromatic heterocycles.